The Bertz CT molecular complexity index is 536. The van der Waals surface area contributed by atoms with Crippen LogP contribution in [0.5, 0.6) is 0 Å². The molecule has 0 saturated heterocycles. The maximum Gasteiger partial charge on any atom is 0.171 e. The fraction of sp³-hybridized carbons (Fsp3) is 0.412. The summed E-state index contributed by atoms with van der Waals surface area (Å²) >= 11 is 0. The van der Waals surface area contributed by atoms with Gasteiger partial charge >= 0.3 is 0 Å². The van der Waals surface area contributed by atoms with Crippen LogP contribution < -0.4 is 0 Å². The molecule has 0 spiro atoms. The molecule has 0 amide bonds. The molecule has 0 bridgehead atoms. The second-order valence-corrected chi connectivity index (χ2v) is 5.33. The van der Waals surface area contributed by atoms with E-state index in [0.717, 1.165) is 31.6 Å². The predicted octanol–water partition coefficient (Wildman–Crippen LogP) is 3.66. The molecule has 1 aromatic carbocycles. The summed E-state index contributed by atoms with van der Waals surface area (Å²) in [5.74, 6) is 1.27. The number of hydrogen-bond donors (Lipinski definition) is 0. The van der Waals surface area contributed by atoms with E-state index >= 15 is 0 Å². The summed E-state index contributed by atoms with van der Waals surface area (Å²) in [5, 5.41) is 3.65. The Hall–Kier alpha value is -1.94. The van der Waals surface area contributed by atoms with Crippen molar-refractivity contribution in [2.24, 2.45) is 5.92 Å². The van der Waals surface area contributed by atoms with Crippen molar-refractivity contribution in [3.05, 3.63) is 53.4 Å². The van der Waals surface area contributed by atoms with Gasteiger partial charge in [0, 0.05) is 19.1 Å². The van der Waals surface area contributed by atoms with E-state index in [1.807, 2.05) is 18.2 Å². The van der Waals surface area contributed by atoms with Crippen LogP contribution in [0.2, 0.25) is 0 Å². The molecule has 4 nitrogen and oxygen atoms in total. The van der Waals surface area contributed by atoms with E-state index in [-0.39, 0.29) is 0 Å². The highest BCUT2D eigenvalue weighted by Gasteiger charge is 2.06. The summed E-state index contributed by atoms with van der Waals surface area (Å²) in [7, 11) is 0. The van der Waals surface area contributed by atoms with Crippen molar-refractivity contribution in [3.63, 3.8) is 0 Å². The molecule has 21 heavy (non-hydrogen) atoms. The number of aryl methyl sites for hydroxylation is 1. The highest BCUT2D eigenvalue weighted by molar-refractivity contribution is 5.71. The van der Waals surface area contributed by atoms with Gasteiger partial charge in [-0.15, -0.1) is 0 Å². The van der Waals surface area contributed by atoms with Gasteiger partial charge in [-0.2, -0.15) is 0 Å². The number of nitrogens with zero attached hydrogens (tertiary/aromatic N) is 1. The molecule has 2 rings (SSSR count). The summed E-state index contributed by atoms with van der Waals surface area (Å²) in [6.07, 6.45) is 3.58. The molecule has 1 aromatic heterocycles. The van der Waals surface area contributed by atoms with Crippen LogP contribution in [0, 0.1) is 5.92 Å². The summed E-state index contributed by atoms with van der Waals surface area (Å²) in [6.45, 7) is 3.60. The first-order valence-electron chi connectivity index (χ1n) is 7.30. The molecule has 0 aliphatic rings. The van der Waals surface area contributed by atoms with Crippen LogP contribution in [-0.4, -0.2) is 18.0 Å². The summed E-state index contributed by atoms with van der Waals surface area (Å²) in [6, 6.07) is 11.9. The van der Waals surface area contributed by atoms with E-state index in [1.165, 1.54) is 5.56 Å². The molecule has 0 aliphatic carbocycles. The molecule has 4 heteroatoms. The lowest BCUT2D eigenvalue weighted by Crippen LogP contribution is -2.06. The Morgan fingerprint density at radius 3 is 2.86 bits per heavy atom. The monoisotopic (exact) mass is 287 g/mol. The Balaban J connectivity index is 1.59. The second kappa shape index (κ2) is 8.37. The molecule has 0 N–H and O–H groups in total. The van der Waals surface area contributed by atoms with Crippen LogP contribution >= 0.6 is 0 Å². The smallest absolute Gasteiger partial charge is 0.171 e. The first-order valence-corrected chi connectivity index (χ1v) is 7.30. The van der Waals surface area contributed by atoms with Gasteiger partial charge in [0.15, 0.2) is 6.29 Å². The maximum absolute atomic E-state index is 10.5. The molecule has 0 aliphatic heterocycles. The molecule has 1 unspecified atom stereocenters. The van der Waals surface area contributed by atoms with Crippen LogP contribution in [0.4, 0.5) is 0 Å². The van der Waals surface area contributed by atoms with Gasteiger partial charge in [0.2, 0.25) is 0 Å². The molecular weight excluding hydrogens is 266 g/mol. The highest BCUT2D eigenvalue weighted by atomic mass is 16.5. The Kier molecular flexibility index (Phi) is 6.16. The van der Waals surface area contributed by atoms with E-state index in [2.05, 4.69) is 24.2 Å². The van der Waals surface area contributed by atoms with Crippen LogP contribution in [0.3, 0.4) is 0 Å². The molecule has 112 valence electrons. The minimum Gasteiger partial charge on any atom is -0.376 e. The molecule has 0 fully saturated rings. The van der Waals surface area contributed by atoms with Gasteiger partial charge in [-0.25, -0.2) is 0 Å². The van der Waals surface area contributed by atoms with Gasteiger partial charge in [0.1, 0.15) is 11.5 Å². The van der Waals surface area contributed by atoms with E-state index < -0.39 is 0 Å². The fourth-order valence-electron chi connectivity index (χ4n) is 2.16. The number of ether oxygens (including phenoxy) is 1. The third-order valence-corrected chi connectivity index (χ3v) is 3.33. The second-order valence-electron chi connectivity index (χ2n) is 5.33. The van der Waals surface area contributed by atoms with Crippen LogP contribution in [0.1, 0.15) is 41.6 Å². The van der Waals surface area contributed by atoms with Crippen molar-refractivity contribution in [2.75, 3.05) is 6.61 Å². The van der Waals surface area contributed by atoms with Gasteiger partial charge in [-0.3, -0.25) is 4.79 Å². The standard InChI is InChI=1S/C17H21NO3/c1-14(12-20-13-15-7-3-2-4-8-15)6-5-9-17-10-16(11-19)18-21-17/h2-4,7-8,10-11,14H,5-6,9,12-13H2,1H3. The van der Waals surface area contributed by atoms with Crippen LogP contribution in [0.25, 0.3) is 0 Å². The Morgan fingerprint density at radius 1 is 1.33 bits per heavy atom. The quantitative estimate of drug-likeness (QED) is 0.660. The summed E-state index contributed by atoms with van der Waals surface area (Å²) in [4.78, 5) is 10.5. The average Bonchev–Trinajstić information content (AvgIpc) is 2.96. The van der Waals surface area contributed by atoms with Gasteiger partial charge < -0.3 is 9.26 Å². The lowest BCUT2D eigenvalue weighted by atomic mass is 10.0. The Labute approximate surface area is 125 Å². The molecule has 1 heterocycles. The van der Waals surface area contributed by atoms with E-state index in [1.54, 1.807) is 6.07 Å². The molecule has 1 atom stereocenters. The summed E-state index contributed by atoms with van der Waals surface area (Å²) < 4.78 is 10.8. The third-order valence-electron chi connectivity index (χ3n) is 3.33. The van der Waals surface area contributed by atoms with Gasteiger partial charge in [-0.05, 0) is 24.3 Å². The number of benzene rings is 1. The van der Waals surface area contributed by atoms with Crippen LogP contribution in [0.15, 0.2) is 40.9 Å². The zero-order valence-electron chi connectivity index (χ0n) is 12.3. The first-order chi connectivity index (χ1) is 10.3. The van der Waals surface area contributed by atoms with Crippen molar-refractivity contribution in [1.29, 1.82) is 0 Å². The lowest BCUT2D eigenvalue weighted by Gasteiger charge is -2.11. The first kappa shape index (κ1) is 15.4. The number of aldehydes is 1. The largest absolute Gasteiger partial charge is 0.376 e. The van der Waals surface area contributed by atoms with Crippen molar-refractivity contribution < 1.29 is 14.1 Å². The summed E-state index contributed by atoms with van der Waals surface area (Å²) in [5.41, 5.74) is 1.57. The number of carbonyl (C=O) groups is 1. The zero-order chi connectivity index (χ0) is 14.9. The lowest BCUT2D eigenvalue weighted by molar-refractivity contribution is 0.0888. The number of carbonyl (C=O) groups excluding carboxylic acids is 1. The fourth-order valence-corrected chi connectivity index (χ4v) is 2.16. The van der Waals surface area contributed by atoms with Gasteiger partial charge in [-0.1, -0.05) is 42.4 Å². The molecular formula is C17H21NO3. The minimum absolute atomic E-state index is 0.365. The van der Waals surface area contributed by atoms with Gasteiger partial charge in [0.25, 0.3) is 0 Å². The number of rotatable bonds is 9. The van der Waals surface area contributed by atoms with Crippen molar-refractivity contribution in [3.8, 4) is 0 Å². The van der Waals surface area contributed by atoms with Gasteiger partial charge in [0.05, 0.1) is 6.61 Å². The third kappa shape index (κ3) is 5.52. The minimum atomic E-state index is 0.365. The van der Waals surface area contributed by atoms with E-state index in [4.69, 9.17) is 9.26 Å². The van der Waals surface area contributed by atoms with E-state index in [9.17, 15) is 4.79 Å². The highest BCUT2D eigenvalue weighted by Crippen LogP contribution is 2.12. The molecule has 0 radical (unpaired) electrons. The van der Waals surface area contributed by atoms with Crippen molar-refractivity contribution in [1.82, 2.24) is 5.16 Å². The van der Waals surface area contributed by atoms with Crippen molar-refractivity contribution in [2.45, 2.75) is 32.8 Å². The van der Waals surface area contributed by atoms with E-state index in [0.29, 0.717) is 24.5 Å². The van der Waals surface area contributed by atoms with Crippen molar-refractivity contribution >= 4 is 6.29 Å². The Morgan fingerprint density at radius 2 is 2.14 bits per heavy atom. The SMILES string of the molecule is CC(CCCc1cc(C=O)no1)COCc1ccccc1. The number of aromatic nitrogens is 1. The normalized spacial score (nSPS) is 12.2. The topological polar surface area (TPSA) is 52.3 Å². The average molecular weight is 287 g/mol. The number of hydrogen-bond acceptors (Lipinski definition) is 4. The van der Waals surface area contributed by atoms with Crippen LogP contribution in [-0.2, 0) is 17.8 Å². The maximum atomic E-state index is 10.5. The predicted molar refractivity (Wildman–Crippen MR) is 80.1 cm³/mol. The zero-order valence-corrected chi connectivity index (χ0v) is 12.3. The molecule has 2 aromatic rings. The molecule has 0 saturated carbocycles.